The van der Waals surface area contributed by atoms with E-state index in [0.29, 0.717) is 5.69 Å². The molecule has 1 aliphatic heterocycles. The summed E-state index contributed by atoms with van der Waals surface area (Å²) in [5.41, 5.74) is 2.58. The third-order valence-corrected chi connectivity index (χ3v) is 5.83. The molecule has 4 aromatic rings. The van der Waals surface area contributed by atoms with Crippen molar-refractivity contribution in [1.29, 1.82) is 0 Å². The molecule has 166 valence electrons. The summed E-state index contributed by atoms with van der Waals surface area (Å²) in [6, 6.07) is 16.7. The van der Waals surface area contributed by atoms with Crippen molar-refractivity contribution in [3.05, 3.63) is 95.3 Å². The Hall–Kier alpha value is -4.00. The lowest BCUT2D eigenvalue weighted by atomic mass is 10.1. The van der Waals surface area contributed by atoms with E-state index in [0.717, 1.165) is 35.0 Å². The Labute approximate surface area is 189 Å². The molecule has 1 aromatic heterocycles. The first-order valence-electron chi connectivity index (χ1n) is 10.7. The molecule has 1 amide bonds. The summed E-state index contributed by atoms with van der Waals surface area (Å²) in [7, 11) is 1.96. The molecule has 7 heteroatoms. The molecular weight excluding hydrogens is 422 g/mol. The Kier molecular flexibility index (Phi) is 5.17. The fourth-order valence-corrected chi connectivity index (χ4v) is 4.18. The zero-order chi connectivity index (χ0) is 23.1. The molecule has 0 saturated carbocycles. The van der Waals surface area contributed by atoms with Crippen molar-refractivity contribution >= 4 is 28.1 Å². The second-order valence-electron chi connectivity index (χ2n) is 8.18. The summed E-state index contributed by atoms with van der Waals surface area (Å²) >= 11 is 0. The fourth-order valence-electron chi connectivity index (χ4n) is 4.18. The van der Waals surface area contributed by atoms with E-state index in [9.17, 15) is 13.6 Å². The number of halogens is 2. The van der Waals surface area contributed by atoms with Crippen molar-refractivity contribution in [2.45, 2.75) is 13.3 Å². The van der Waals surface area contributed by atoms with Crippen LogP contribution in [-0.4, -0.2) is 34.2 Å². The normalized spacial score (nSPS) is 13.5. The van der Waals surface area contributed by atoms with Gasteiger partial charge in [-0.05, 0) is 54.4 Å². The van der Waals surface area contributed by atoms with Crippen LogP contribution in [0.4, 0.5) is 14.5 Å². The first-order valence-corrected chi connectivity index (χ1v) is 10.7. The Morgan fingerprint density at radius 2 is 1.76 bits per heavy atom. The van der Waals surface area contributed by atoms with E-state index >= 15 is 0 Å². The number of aryl methyl sites for hydroxylation is 1. The van der Waals surface area contributed by atoms with Gasteiger partial charge in [0.15, 0.2) is 0 Å². The van der Waals surface area contributed by atoms with Crippen LogP contribution in [-0.2, 0) is 0 Å². The molecule has 5 nitrogen and oxygen atoms in total. The van der Waals surface area contributed by atoms with Crippen molar-refractivity contribution in [1.82, 2.24) is 14.7 Å². The van der Waals surface area contributed by atoms with Crippen molar-refractivity contribution in [3.8, 4) is 5.69 Å². The van der Waals surface area contributed by atoms with Gasteiger partial charge in [-0.25, -0.2) is 13.5 Å². The van der Waals surface area contributed by atoms with Crippen LogP contribution in [0.1, 0.15) is 28.2 Å². The highest BCUT2D eigenvalue weighted by atomic mass is 19.1. The largest absolute Gasteiger partial charge is 0.374 e. The summed E-state index contributed by atoms with van der Waals surface area (Å²) in [4.78, 5) is 15.1. The van der Waals surface area contributed by atoms with Crippen LogP contribution < -0.4 is 5.32 Å². The topological polar surface area (TPSA) is 50.2 Å². The van der Waals surface area contributed by atoms with Gasteiger partial charge in [0, 0.05) is 24.9 Å². The number of benzene rings is 3. The number of nitrogens with one attached hydrogen (secondary N) is 1. The standard InChI is InChI=1S/C26H22F2N4O/c1-16-12-25(32(30-16)24-15-18-7-4-3-6-17(18)13-21(24)28)26(33)29-22-10-9-19(14-20(22)27)23-8-5-11-31(23)2/h3-4,6-10,12-15H,5,11H2,1-2H3,(H,29,33). The molecular formula is C26H22F2N4O. The van der Waals surface area contributed by atoms with Crippen LogP contribution in [0.15, 0.2) is 66.7 Å². The van der Waals surface area contributed by atoms with Crippen LogP contribution in [0.2, 0.25) is 0 Å². The lowest BCUT2D eigenvalue weighted by molar-refractivity contribution is 0.101. The molecule has 5 rings (SSSR count). The highest BCUT2D eigenvalue weighted by Crippen LogP contribution is 2.28. The molecule has 2 heterocycles. The van der Waals surface area contributed by atoms with Crippen LogP contribution in [0, 0.1) is 18.6 Å². The summed E-state index contributed by atoms with van der Waals surface area (Å²) in [6.07, 6.45) is 2.98. The monoisotopic (exact) mass is 444 g/mol. The average Bonchev–Trinajstić information content (AvgIpc) is 3.40. The molecule has 0 saturated heterocycles. The van der Waals surface area contributed by atoms with Crippen LogP contribution in [0.3, 0.4) is 0 Å². The smallest absolute Gasteiger partial charge is 0.274 e. The van der Waals surface area contributed by atoms with Crippen LogP contribution >= 0.6 is 0 Å². The van der Waals surface area contributed by atoms with Gasteiger partial charge in [-0.3, -0.25) is 4.79 Å². The van der Waals surface area contributed by atoms with Gasteiger partial charge in [0.1, 0.15) is 23.0 Å². The number of aromatic nitrogens is 2. The van der Waals surface area contributed by atoms with E-state index in [1.54, 1.807) is 31.2 Å². The Morgan fingerprint density at radius 1 is 1.00 bits per heavy atom. The minimum atomic E-state index is -0.577. The zero-order valence-electron chi connectivity index (χ0n) is 18.3. The fraction of sp³-hybridized carbons (Fsp3) is 0.154. The molecule has 33 heavy (non-hydrogen) atoms. The maximum absolute atomic E-state index is 14.9. The summed E-state index contributed by atoms with van der Waals surface area (Å²) in [5.74, 6) is -1.62. The Bertz CT molecular complexity index is 1420. The van der Waals surface area contributed by atoms with Gasteiger partial charge in [-0.2, -0.15) is 5.10 Å². The number of nitrogens with zero attached hydrogens (tertiary/aromatic N) is 3. The number of fused-ring (bicyclic) bond motifs is 1. The lowest BCUT2D eigenvalue weighted by Crippen LogP contribution is -2.18. The molecule has 1 N–H and O–H groups in total. The predicted molar refractivity (Wildman–Crippen MR) is 125 cm³/mol. The van der Waals surface area contributed by atoms with E-state index in [4.69, 9.17) is 0 Å². The Balaban J connectivity index is 1.47. The second kappa shape index (κ2) is 8.16. The predicted octanol–water partition coefficient (Wildman–Crippen LogP) is 5.54. The van der Waals surface area contributed by atoms with Gasteiger partial charge in [0.05, 0.1) is 11.4 Å². The zero-order valence-corrected chi connectivity index (χ0v) is 18.3. The molecule has 0 radical (unpaired) electrons. The quantitative estimate of drug-likeness (QED) is 0.450. The molecule has 0 aliphatic carbocycles. The first-order chi connectivity index (χ1) is 15.9. The minimum absolute atomic E-state index is 0.0504. The molecule has 0 atom stereocenters. The molecule has 3 aromatic carbocycles. The van der Waals surface area contributed by atoms with Crippen molar-refractivity contribution in [2.24, 2.45) is 0 Å². The van der Waals surface area contributed by atoms with Crippen molar-refractivity contribution in [2.75, 3.05) is 18.9 Å². The van der Waals surface area contributed by atoms with Gasteiger partial charge >= 0.3 is 0 Å². The second-order valence-corrected chi connectivity index (χ2v) is 8.18. The van der Waals surface area contributed by atoms with Gasteiger partial charge in [0.2, 0.25) is 0 Å². The number of rotatable bonds is 4. The van der Waals surface area contributed by atoms with Crippen molar-refractivity contribution < 1.29 is 13.6 Å². The summed E-state index contributed by atoms with van der Waals surface area (Å²) in [6.45, 7) is 2.61. The highest BCUT2D eigenvalue weighted by Gasteiger charge is 2.20. The van der Waals surface area contributed by atoms with Crippen molar-refractivity contribution in [3.63, 3.8) is 0 Å². The molecule has 0 bridgehead atoms. The highest BCUT2D eigenvalue weighted by molar-refractivity contribution is 6.03. The molecule has 0 fully saturated rings. The molecule has 0 spiro atoms. The summed E-state index contributed by atoms with van der Waals surface area (Å²) < 4.78 is 31.0. The minimum Gasteiger partial charge on any atom is -0.374 e. The number of hydrogen-bond acceptors (Lipinski definition) is 3. The third-order valence-electron chi connectivity index (χ3n) is 5.83. The third kappa shape index (κ3) is 3.86. The van der Waals surface area contributed by atoms with Crippen LogP contribution in [0.25, 0.3) is 22.2 Å². The average molecular weight is 444 g/mol. The van der Waals surface area contributed by atoms with Gasteiger partial charge in [0.25, 0.3) is 5.91 Å². The lowest BCUT2D eigenvalue weighted by Gasteiger charge is -2.17. The van der Waals surface area contributed by atoms with Gasteiger partial charge in [-0.1, -0.05) is 36.4 Å². The number of carbonyl (C=O) groups excluding carboxylic acids is 1. The maximum Gasteiger partial charge on any atom is 0.274 e. The summed E-state index contributed by atoms with van der Waals surface area (Å²) in [5, 5.41) is 8.49. The number of amides is 1. The molecule has 1 aliphatic rings. The van der Waals surface area contributed by atoms with E-state index in [1.165, 1.54) is 16.8 Å². The van der Waals surface area contributed by atoms with E-state index in [-0.39, 0.29) is 17.1 Å². The van der Waals surface area contributed by atoms with E-state index in [1.807, 2.05) is 31.3 Å². The number of hydrogen-bond donors (Lipinski definition) is 1. The SMILES string of the molecule is Cc1cc(C(=O)Nc2ccc(C3=CCCN3C)cc2F)n(-c2cc3ccccc3cc2F)n1. The first kappa shape index (κ1) is 20.9. The van der Waals surface area contributed by atoms with E-state index < -0.39 is 17.5 Å². The number of anilines is 1. The van der Waals surface area contributed by atoms with Gasteiger partial charge in [-0.15, -0.1) is 0 Å². The Morgan fingerprint density at radius 3 is 2.45 bits per heavy atom. The van der Waals surface area contributed by atoms with Crippen LogP contribution in [0.5, 0.6) is 0 Å². The van der Waals surface area contributed by atoms with Gasteiger partial charge < -0.3 is 10.2 Å². The van der Waals surface area contributed by atoms with E-state index in [2.05, 4.69) is 21.4 Å². The number of carbonyl (C=O) groups is 1. The maximum atomic E-state index is 14.9. The molecule has 0 unspecified atom stereocenters.